The number of benzene rings is 2. The van der Waals surface area contributed by atoms with Crippen molar-refractivity contribution in [3.63, 3.8) is 0 Å². The van der Waals surface area contributed by atoms with Gasteiger partial charge in [-0.15, -0.1) is 0 Å². The van der Waals surface area contributed by atoms with E-state index in [1.807, 2.05) is 67.6 Å². The fourth-order valence-electron chi connectivity index (χ4n) is 5.23. The van der Waals surface area contributed by atoms with Crippen LogP contribution in [0.25, 0.3) is 0 Å². The van der Waals surface area contributed by atoms with Gasteiger partial charge in [0.05, 0.1) is 33.7 Å². The molecule has 0 unspecified atom stereocenters. The van der Waals surface area contributed by atoms with Gasteiger partial charge in [-0.2, -0.15) is 0 Å². The van der Waals surface area contributed by atoms with E-state index in [-0.39, 0.29) is 24.8 Å². The van der Waals surface area contributed by atoms with Crippen molar-refractivity contribution in [3.8, 4) is 11.5 Å². The second kappa shape index (κ2) is 15.3. The number of hydrogen-bond acceptors (Lipinski definition) is 6. The largest absolute Gasteiger partial charge is 0.493 e. The maximum absolute atomic E-state index is 13.8. The van der Waals surface area contributed by atoms with Crippen LogP contribution in [0.15, 0.2) is 65.1 Å². The van der Waals surface area contributed by atoms with Crippen LogP contribution in [0.5, 0.6) is 11.5 Å². The molecule has 0 aliphatic carbocycles. The Hall–Kier alpha value is -3.78. The molecule has 220 valence electrons. The van der Waals surface area contributed by atoms with Gasteiger partial charge in [-0.05, 0) is 74.7 Å². The summed E-state index contributed by atoms with van der Waals surface area (Å²) in [6.45, 7) is 6.13. The Kier molecular flexibility index (Phi) is 11.3. The van der Waals surface area contributed by atoms with Crippen molar-refractivity contribution >= 4 is 11.8 Å². The first-order valence-corrected chi connectivity index (χ1v) is 14.5. The molecule has 3 aromatic rings. The molecule has 0 atom stereocenters. The third-order valence-electron chi connectivity index (χ3n) is 7.63. The van der Waals surface area contributed by atoms with Gasteiger partial charge in [-0.3, -0.25) is 9.59 Å². The molecule has 0 N–H and O–H groups in total. The number of carbonyl (C=O) groups is 2. The number of likely N-dealkylation sites (tertiary alicyclic amines) is 1. The highest BCUT2D eigenvalue weighted by molar-refractivity contribution is 5.86. The minimum atomic E-state index is -0.0976. The van der Waals surface area contributed by atoms with Crippen molar-refractivity contribution in [2.24, 2.45) is 0 Å². The zero-order chi connectivity index (χ0) is 29.0. The van der Waals surface area contributed by atoms with Gasteiger partial charge in [0.15, 0.2) is 11.5 Å². The highest BCUT2D eigenvalue weighted by Crippen LogP contribution is 2.28. The Morgan fingerprint density at radius 2 is 1.59 bits per heavy atom. The Morgan fingerprint density at radius 3 is 2.27 bits per heavy atom. The molecule has 0 saturated carbocycles. The van der Waals surface area contributed by atoms with Crippen LogP contribution in [-0.4, -0.2) is 80.0 Å². The van der Waals surface area contributed by atoms with Crippen molar-refractivity contribution in [1.29, 1.82) is 0 Å². The average molecular weight is 562 g/mol. The molecule has 0 spiro atoms. The predicted octanol–water partition coefficient (Wildman–Crippen LogP) is 4.73. The maximum Gasteiger partial charge on any atom is 0.242 e. The fraction of sp³-hybridized carbons (Fsp3) is 0.455. The van der Waals surface area contributed by atoms with Crippen molar-refractivity contribution in [3.05, 3.63) is 83.3 Å². The molecular formula is C33H43N3O5. The molecule has 1 aromatic heterocycles. The van der Waals surface area contributed by atoms with Crippen molar-refractivity contribution < 1.29 is 23.5 Å². The number of amides is 2. The third-order valence-corrected chi connectivity index (χ3v) is 7.63. The van der Waals surface area contributed by atoms with E-state index in [0.29, 0.717) is 37.6 Å². The summed E-state index contributed by atoms with van der Waals surface area (Å²) in [5, 5.41) is 0. The van der Waals surface area contributed by atoms with Gasteiger partial charge in [-0.1, -0.05) is 42.8 Å². The molecule has 2 heterocycles. The number of methoxy groups -OCH3 is 2. The van der Waals surface area contributed by atoms with Crippen LogP contribution in [0.4, 0.5) is 0 Å². The number of hydrogen-bond donors (Lipinski definition) is 0. The Labute approximate surface area is 243 Å². The molecule has 1 fully saturated rings. The summed E-state index contributed by atoms with van der Waals surface area (Å²) in [5.41, 5.74) is 1.97. The summed E-state index contributed by atoms with van der Waals surface area (Å²) < 4.78 is 16.7. The smallest absolute Gasteiger partial charge is 0.242 e. The van der Waals surface area contributed by atoms with E-state index in [4.69, 9.17) is 13.9 Å². The van der Waals surface area contributed by atoms with E-state index in [1.165, 1.54) is 19.3 Å². The zero-order valence-electron chi connectivity index (χ0n) is 24.6. The Balaban J connectivity index is 1.48. The lowest BCUT2D eigenvalue weighted by Gasteiger charge is -2.31. The van der Waals surface area contributed by atoms with Crippen LogP contribution in [0.2, 0.25) is 0 Å². The van der Waals surface area contributed by atoms with Gasteiger partial charge < -0.3 is 28.6 Å². The molecule has 1 aliphatic heterocycles. The van der Waals surface area contributed by atoms with E-state index in [2.05, 4.69) is 4.90 Å². The first-order chi connectivity index (χ1) is 19.9. The van der Waals surface area contributed by atoms with Crippen LogP contribution >= 0.6 is 0 Å². The average Bonchev–Trinajstić information content (AvgIpc) is 3.42. The van der Waals surface area contributed by atoms with Crippen LogP contribution in [0.1, 0.15) is 41.9 Å². The number of piperidine rings is 1. The van der Waals surface area contributed by atoms with Crippen LogP contribution in [0, 0.1) is 6.92 Å². The minimum absolute atomic E-state index is 0.0322. The van der Waals surface area contributed by atoms with Gasteiger partial charge in [0.25, 0.3) is 0 Å². The summed E-state index contributed by atoms with van der Waals surface area (Å²) in [7, 11) is 3.22. The minimum Gasteiger partial charge on any atom is -0.493 e. The second-order valence-electron chi connectivity index (χ2n) is 10.6. The molecule has 4 rings (SSSR count). The standard InChI is InChI=1S/C33H43N3O5/c1-26-12-14-29(41-26)24-35(19-16-28-13-15-30(39-2)31(22-28)40-3)33(38)25-36(21-20-34-17-8-5-9-18-34)32(37)23-27-10-6-4-7-11-27/h4,6-7,10-15,22H,5,8-9,16-21,23-25H2,1-3H3. The molecule has 1 aliphatic rings. The molecule has 0 bridgehead atoms. The number of aryl methyl sites for hydroxylation is 1. The predicted molar refractivity (Wildman–Crippen MR) is 159 cm³/mol. The summed E-state index contributed by atoms with van der Waals surface area (Å²) in [6, 6.07) is 19.3. The number of rotatable bonds is 14. The molecule has 1 saturated heterocycles. The third kappa shape index (κ3) is 9.11. The number of furan rings is 1. The maximum atomic E-state index is 13.8. The summed E-state index contributed by atoms with van der Waals surface area (Å²) in [4.78, 5) is 33.3. The first-order valence-electron chi connectivity index (χ1n) is 14.5. The van der Waals surface area contributed by atoms with Gasteiger partial charge >= 0.3 is 0 Å². The zero-order valence-corrected chi connectivity index (χ0v) is 24.6. The fourth-order valence-corrected chi connectivity index (χ4v) is 5.23. The molecule has 2 amide bonds. The molecule has 41 heavy (non-hydrogen) atoms. The molecule has 0 radical (unpaired) electrons. The summed E-state index contributed by atoms with van der Waals surface area (Å²) >= 11 is 0. The van der Waals surface area contributed by atoms with Crippen LogP contribution in [-0.2, 0) is 29.0 Å². The van der Waals surface area contributed by atoms with E-state index < -0.39 is 0 Å². The van der Waals surface area contributed by atoms with Crippen molar-refractivity contribution in [1.82, 2.24) is 14.7 Å². The lowest BCUT2D eigenvalue weighted by atomic mass is 10.1. The van der Waals surface area contributed by atoms with Gasteiger partial charge in [0.2, 0.25) is 11.8 Å². The van der Waals surface area contributed by atoms with Gasteiger partial charge in [-0.25, -0.2) is 0 Å². The molecule has 8 nitrogen and oxygen atoms in total. The van der Waals surface area contributed by atoms with E-state index in [9.17, 15) is 9.59 Å². The molecular weight excluding hydrogens is 518 g/mol. The van der Waals surface area contributed by atoms with Gasteiger partial charge in [0, 0.05) is 19.6 Å². The molecule has 8 heteroatoms. The summed E-state index contributed by atoms with van der Waals surface area (Å²) in [6.07, 6.45) is 4.52. The second-order valence-corrected chi connectivity index (χ2v) is 10.6. The first kappa shape index (κ1) is 30.2. The van der Waals surface area contributed by atoms with Crippen LogP contribution < -0.4 is 9.47 Å². The summed E-state index contributed by atoms with van der Waals surface area (Å²) in [5.74, 6) is 2.71. The Bertz CT molecular complexity index is 1250. The van der Waals surface area contributed by atoms with Crippen molar-refractivity contribution in [2.45, 2.75) is 45.6 Å². The van der Waals surface area contributed by atoms with Crippen LogP contribution in [0.3, 0.4) is 0 Å². The number of carbonyl (C=O) groups excluding carboxylic acids is 2. The highest BCUT2D eigenvalue weighted by Gasteiger charge is 2.24. The number of nitrogens with zero attached hydrogens (tertiary/aromatic N) is 3. The lowest BCUT2D eigenvalue weighted by Crippen LogP contribution is -2.47. The van der Waals surface area contributed by atoms with Gasteiger partial charge in [0.1, 0.15) is 11.5 Å². The normalized spacial score (nSPS) is 13.5. The monoisotopic (exact) mass is 561 g/mol. The van der Waals surface area contributed by atoms with E-state index >= 15 is 0 Å². The lowest BCUT2D eigenvalue weighted by molar-refractivity contribution is -0.140. The van der Waals surface area contributed by atoms with E-state index in [1.54, 1.807) is 24.0 Å². The van der Waals surface area contributed by atoms with E-state index in [0.717, 1.165) is 42.3 Å². The quantitative estimate of drug-likeness (QED) is 0.283. The SMILES string of the molecule is COc1ccc(CCN(Cc2ccc(C)o2)C(=O)CN(CCN2CCCCC2)C(=O)Cc2ccccc2)cc1OC. The Morgan fingerprint density at radius 1 is 0.829 bits per heavy atom. The number of ether oxygens (including phenoxy) is 2. The topological polar surface area (TPSA) is 75.5 Å². The van der Waals surface area contributed by atoms with Crippen molar-refractivity contribution in [2.75, 3.05) is 53.5 Å². The highest BCUT2D eigenvalue weighted by atomic mass is 16.5. The molecule has 2 aromatic carbocycles.